The van der Waals surface area contributed by atoms with Gasteiger partial charge in [0.25, 0.3) is 0 Å². The van der Waals surface area contributed by atoms with E-state index in [2.05, 4.69) is 10.2 Å². The Kier molecular flexibility index (Phi) is 6.62. The number of rotatable bonds is 5. The van der Waals surface area contributed by atoms with Crippen LogP contribution in [0.2, 0.25) is 5.02 Å². The quantitative estimate of drug-likeness (QED) is 0.832. The second kappa shape index (κ2) is 8.70. The van der Waals surface area contributed by atoms with E-state index in [4.69, 9.17) is 11.6 Å². The Morgan fingerprint density at radius 1 is 1.26 bits per heavy atom. The number of nitrogens with zero attached hydrogens (tertiary/aromatic N) is 2. The van der Waals surface area contributed by atoms with Crippen molar-refractivity contribution in [2.45, 2.75) is 6.92 Å². The van der Waals surface area contributed by atoms with E-state index in [9.17, 15) is 9.59 Å². The van der Waals surface area contributed by atoms with Crippen molar-refractivity contribution in [2.24, 2.45) is 0 Å². The van der Waals surface area contributed by atoms with Crippen LogP contribution in [0.5, 0.6) is 0 Å². The normalized spacial score (nSPS) is 15.8. The monoisotopic (exact) mass is 335 g/mol. The van der Waals surface area contributed by atoms with E-state index < -0.39 is 0 Å². The van der Waals surface area contributed by atoms with Crippen LogP contribution in [-0.2, 0) is 9.59 Å². The minimum absolute atomic E-state index is 0.0114. The van der Waals surface area contributed by atoms with Crippen molar-refractivity contribution in [2.75, 3.05) is 39.3 Å². The molecule has 1 saturated heterocycles. The highest BCUT2D eigenvalue weighted by Gasteiger charge is 2.20. The van der Waals surface area contributed by atoms with Crippen LogP contribution in [0.15, 0.2) is 30.3 Å². The number of carbonyl (C=O) groups excluding carboxylic acids is 2. The fourth-order valence-electron chi connectivity index (χ4n) is 2.47. The van der Waals surface area contributed by atoms with Crippen LogP contribution in [-0.4, -0.2) is 60.9 Å². The zero-order valence-electron chi connectivity index (χ0n) is 13.3. The van der Waals surface area contributed by atoms with Crippen LogP contribution in [0.4, 0.5) is 0 Å². The summed E-state index contributed by atoms with van der Waals surface area (Å²) in [5.74, 6) is 0.0239. The van der Waals surface area contributed by atoms with E-state index in [0.29, 0.717) is 44.3 Å². The number of hydrogen-bond donors (Lipinski definition) is 1. The van der Waals surface area contributed by atoms with E-state index >= 15 is 0 Å². The van der Waals surface area contributed by atoms with Gasteiger partial charge in [0.15, 0.2) is 0 Å². The van der Waals surface area contributed by atoms with Crippen LogP contribution in [0, 0.1) is 0 Å². The molecule has 6 heteroatoms. The topological polar surface area (TPSA) is 52.7 Å². The Balaban J connectivity index is 1.80. The molecule has 1 aliphatic heterocycles. The van der Waals surface area contributed by atoms with Crippen molar-refractivity contribution in [3.8, 4) is 0 Å². The summed E-state index contributed by atoms with van der Waals surface area (Å²) in [6.07, 6.45) is 3.35. The summed E-state index contributed by atoms with van der Waals surface area (Å²) in [6.45, 7) is 5.65. The molecule has 0 aromatic heterocycles. The molecule has 1 heterocycles. The molecule has 2 amide bonds. The summed E-state index contributed by atoms with van der Waals surface area (Å²) in [5.41, 5.74) is 0.903. The summed E-state index contributed by atoms with van der Waals surface area (Å²) < 4.78 is 0. The smallest absolute Gasteiger partial charge is 0.246 e. The molecule has 1 N–H and O–H groups in total. The minimum Gasteiger partial charge on any atom is -0.355 e. The van der Waals surface area contributed by atoms with Gasteiger partial charge in [0.05, 0.1) is 6.54 Å². The van der Waals surface area contributed by atoms with E-state index in [-0.39, 0.29) is 11.8 Å². The first-order chi connectivity index (χ1) is 11.1. The average Bonchev–Trinajstić information content (AvgIpc) is 2.53. The van der Waals surface area contributed by atoms with Gasteiger partial charge >= 0.3 is 0 Å². The molecule has 1 fully saturated rings. The minimum atomic E-state index is -0.0114. The Morgan fingerprint density at radius 3 is 2.65 bits per heavy atom. The Labute approximate surface area is 141 Å². The standard InChI is InChI=1S/C17H22ClN3O2/c1-2-19-16(22)13-20-8-10-21(11-9-20)17(23)7-6-14-4-3-5-15(18)12-14/h3-7,12H,2,8-11,13H2,1H3,(H,19,22)/b7-6+. The second-order valence-electron chi connectivity index (χ2n) is 5.44. The third-order valence-corrected chi connectivity index (χ3v) is 3.93. The number of nitrogens with one attached hydrogen (secondary N) is 1. The van der Waals surface area contributed by atoms with Crippen molar-refractivity contribution in [1.29, 1.82) is 0 Å². The molecule has 0 spiro atoms. The molecule has 0 atom stereocenters. The maximum absolute atomic E-state index is 12.2. The van der Waals surface area contributed by atoms with E-state index in [1.165, 1.54) is 0 Å². The van der Waals surface area contributed by atoms with E-state index in [0.717, 1.165) is 5.56 Å². The molecule has 1 aliphatic rings. The molecular formula is C17H22ClN3O2. The van der Waals surface area contributed by atoms with Gasteiger partial charge in [-0.05, 0) is 30.7 Å². The van der Waals surface area contributed by atoms with Gasteiger partial charge in [-0.15, -0.1) is 0 Å². The van der Waals surface area contributed by atoms with E-state index in [1.807, 2.05) is 25.1 Å². The number of halogens is 1. The van der Waals surface area contributed by atoms with Crippen molar-refractivity contribution in [3.05, 3.63) is 40.9 Å². The van der Waals surface area contributed by atoms with Gasteiger partial charge in [-0.2, -0.15) is 0 Å². The lowest BCUT2D eigenvalue weighted by atomic mass is 10.2. The van der Waals surface area contributed by atoms with Gasteiger partial charge in [0.1, 0.15) is 0 Å². The Morgan fingerprint density at radius 2 is 2.00 bits per heavy atom. The van der Waals surface area contributed by atoms with Crippen LogP contribution in [0.3, 0.4) is 0 Å². The van der Waals surface area contributed by atoms with Gasteiger partial charge in [0, 0.05) is 43.8 Å². The van der Waals surface area contributed by atoms with Crippen LogP contribution < -0.4 is 5.32 Å². The number of likely N-dealkylation sites (N-methyl/N-ethyl adjacent to an activating group) is 1. The highest BCUT2D eigenvalue weighted by atomic mass is 35.5. The fraction of sp³-hybridized carbons (Fsp3) is 0.412. The summed E-state index contributed by atoms with van der Waals surface area (Å²) in [4.78, 5) is 27.6. The zero-order chi connectivity index (χ0) is 16.7. The predicted octanol–water partition coefficient (Wildman–Crippen LogP) is 1.63. The molecule has 1 aromatic carbocycles. The molecule has 2 rings (SSSR count). The molecule has 0 bridgehead atoms. The average molecular weight is 336 g/mol. The maximum Gasteiger partial charge on any atom is 0.246 e. The summed E-state index contributed by atoms with van der Waals surface area (Å²) in [5, 5.41) is 3.44. The number of carbonyl (C=O) groups is 2. The summed E-state index contributed by atoms with van der Waals surface area (Å²) in [7, 11) is 0. The third-order valence-electron chi connectivity index (χ3n) is 3.69. The first kappa shape index (κ1) is 17.5. The predicted molar refractivity (Wildman–Crippen MR) is 92.2 cm³/mol. The Bertz CT molecular complexity index is 581. The van der Waals surface area contributed by atoms with Crippen LogP contribution >= 0.6 is 11.6 Å². The van der Waals surface area contributed by atoms with Gasteiger partial charge in [-0.1, -0.05) is 23.7 Å². The number of piperazine rings is 1. The zero-order valence-corrected chi connectivity index (χ0v) is 14.1. The number of benzene rings is 1. The fourth-order valence-corrected chi connectivity index (χ4v) is 2.66. The summed E-state index contributed by atoms with van der Waals surface area (Å²) in [6, 6.07) is 7.37. The molecule has 0 saturated carbocycles. The van der Waals surface area contributed by atoms with Crippen LogP contribution in [0.1, 0.15) is 12.5 Å². The number of amides is 2. The lowest BCUT2D eigenvalue weighted by molar-refractivity contribution is -0.128. The molecule has 0 aliphatic carbocycles. The molecule has 5 nitrogen and oxygen atoms in total. The molecule has 0 unspecified atom stereocenters. The first-order valence-corrected chi connectivity index (χ1v) is 8.18. The second-order valence-corrected chi connectivity index (χ2v) is 5.88. The van der Waals surface area contributed by atoms with Crippen molar-refractivity contribution >= 4 is 29.5 Å². The maximum atomic E-state index is 12.2. The lowest BCUT2D eigenvalue weighted by Gasteiger charge is -2.33. The van der Waals surface area contributed by atoms with Gasteiger partial charge in [-0.25, -0.2) is 0 Å². The first-order valence-electron chi connectivity index (χ1n) is 7.80. The highest BCUT2D eigenvalue weighted by Crippen LogP contribution is 2.12. The van der Waals surface area contributed by atoms with Gasteiger partial charge in [0.2, 0.25) is 11.8 Å². The van der Waals surface area contributed by atoms with Crippen molar-refractivity contribution in [3.63, 3.8) is 0 Å². The number of hydrogen-bond acceptors (Lipinski definition) is 3. The third kappa shape index (κ3) is 5.69. The molecule has 0 radical (unpaired) electrons. The van der Waals surface area contributed by atoms with Crippen LogP contribution in [0.25, 0.3) is 6.08 Å². The molecular weight excluding hydrogens is 314 g/mol. The SMILES string of the molecule is CCNC(=O)CN1CCN(C(=O)/C=C/c2cccc(Cl)c2)CC1. The lowest BCUT2D eigenvalue weighted by Crippen LogP contribution is -2.50. The molecule has 124 valence electrons. The summed E-state index contributed by atoms with van der Waals surface area (Å²) >= 11 is 5.92. The van der Waals surface area contributed by atoms with Gasteiger partial charge < -0.3 is 10.2 Å². The largest absolute Gasteiger partial charge is 0.355 e. The van der Waals surface area contributed by atoms with Crippen molar-refractivity contribution < 1.29 is 9.59 Å². The Hall–Kier alpha value is -1.85. The molecule has 23 heavy (non-hydrogen) atoms. The van der Waals surface area contributed by atoms with Crippen molar-refractivity contribution in [1.82, 2.24) is 15.1 Å². The highest BCUT2D eigenvalue weighted by molar-refractivity contribution is 6.30. The van der Waals surface area contributed by atoms with E-state index in [1.54, 1.807) is 23.1 Å². The molecule has 1 aromatic rings. The van der Waals surface area contributed by atoms with Gasteiger partial charge in [-0.3, -0.25) is 14.5 Å².